The SMILES string of the molecule is CC(C)(C)S(=O)(=O)Cc1cccc(NC(=O)/C=C/c2ccco2)c1. The second kappa shape index (κ2) is 7.05. The number of hydrogen-bond donors (Lipinski definition) is 1. The highest BCUT2D eigenvalue weighted by molar-refractivity contribution is 7.91. The molecule has 0 radical (unpaired) electrons. The Balaban J connectivity index is 2.06. The molecule has 24 heavy (non-hydrogen) atoms. The molecule has 128 valence electrons. The Labute approximate surface area is 142 Å². The number of amides is 1. The van der Waals surface area contributed by atoms with Gasteiger partial charge in [0.25, 0.3) is 0 Å². The number of benzene rings is 1. The van der Waals surface area contributed by atoms with Crippen molar-refractivity contribution in [1.82, 2.24) is 0 Å². The van der Waals surface area contributed by atoms with E-state index in [-0.39, 0.29) is 11.7 Å². The van der Waals surface area contributed by atoms with Crippen LogP contribution in [-0.4, -0.2) is 19.1 Å². The van der Waals surface area contributed by atoms with Crippen molar-refractivity contribution >= 4 is 27.5 Å². The lowest BCUT2D eigenvalue weighted by Crippen LogP contribution is -2.29. The first kappa shape index (κ1) is 18.0. The quantitative estimate of drug-likeness (QED) is 0.838. The first-order valence-corrected chi connectivity index (χ1v) is 9.16. The molecule has 2 aromatic rings. The number of rotatable bonds is 5. The number of furan rings is 1. The van der Waals surface area contributed by atoms with Crippen LogP contribution in [-0.2, 0) is 20.4 Å². The van der Waals surface area contributed by atoms with Gasteiger partial charge in [-0.25, -0.2) is 8.42 Å². The maximum Gasteiger partial charge on any atom is 0.248 e. The summed E-state index contributed by atoms with van der Waals surface area (Å²) in [5, 5.41) is 2.71. The average Bonchev–Trinajstić information content (AvgIpc) is 2.97. The lowest BCUT2D eigenvalue weighted by Gasteiger charge is -2.19. The van der Waals surface area contributed by atoms with Gasteiger partial charge in [-0.15, -0.1) is 0 Å². The number of carbonyl (C=O) groups is 1. The fourth-order valence-corrected chi connectivity index (χ4v) is 2.95. The van der Waals surface area contributed by atoms with Gasteiger partial charge in [-0.1, -0.05) is 12.1 Å². The van der Waals surface area contributed by atoms with Crippen LogP contribution in [0.4, 0.5) is 5.69 Å². The van der Waals surface area contributed by atoms with Crippen LogP contribution in [0, 0.1) is 0 Å². The minimum Gasteiger partial charge on any atom is -0.465 e. The molecule has 0 saturated heterocycles. The summed E-state index contributed by atoms with van der Waals surface area (Å²) in [4.78, 5) is 11.9. The summed E-state index contributed by atoms with van der Waals surface area (Å²) in [5.74, 6) is 0.194. The monoisotopic (exact) mass is 347 g/mol. The molecule has 0 spiro atoms. The largest absolute Gasteiger partial charge is 0.465 e. The number of hydrogen-bond acceptors (Lipinski definition) is 4. The van der Waals surface area contributed by atoms with Crippen molar-refractivity contribution < 1.29 is 17.6 Å². The van der Waals surface area contributed by atoms with Gasteiger partial charge in [-0.2, -0.15) is 0 Å². The van der Waals surface area contributed by atoms with Crippen LogP contribution in [0.5, 0.6) is 0 Å². The molecule has 0 aliphatic carbocycles. The Bertz CT molecular complexity index is 828. The first-order chi connectivity index (χ1) is 11.2. The van der Waals surface area contributed by atoms with Crippen molar-refractivity contribution in [2.24, 2.45) is 0 Å². The predicted molar refractivity (Wildman–Crippen MR) is 95.2 cm³/mol. The van der Waals surface area contributed by atoms with Crippen LogP contribution >= 0.6 is 0 Å². The molecule has 1 heterocycles. The molecule has 1 N–H and O–H groups in total. The molecule has 0 aliphatic heterocycles. The summed E-state index contributed by atoms with van der Waals surface area (Å²) in [7, 11) is -3.27. The molecule has 0 bridgehead atoms. The summed E-state index contributed by atoms with van der Waals surface area (Å²) in [5.41, 5.74) is 1.18. The van der Waals surface area contributed by atoms with Gasteiger partial charge in [0.05, 0.1) is 16.8 Å². The third kappa shape index (κ3) is 4.83. The second-order valence-electron chi connectivity index (χ2n) is 6.41. The van der Waals surface area contributed by atoms with Crippen LogP contribution in [0.2, 0.25) is 0 Å². The van der Waals surface area contributed by atoms with Gasteiger partial charge < -0.3 is 9.73 Å². The van der Waals surface area contributed by atoms with Crippen LogP contribution in [0.25, 0.3) is 6.08 Å². The van der Waals surface area contributed by atoms with E-state index in [9.17, 15) is 13.2 Å². The molecule has 0 saturated carbocycles. The summed E-state index contributed by atoms with van der Waals surface area (Å²) < 4.78 is 28.8. The van der Waals surface area contributed by atoms with Gasteiger partial charge in [-0.05, 0) is 56.7 Å². The van der Waals surface area contributed by atoms with Crippen molar-refractivity contribution in [3.63, 3.8) is 0 Å². The lowest BCUT2D eigenvalue weighted by molar-refractivity contribution is -0.111. The fraction of sp³-hybridized carbons (Fsp3) is 0.278. The topological polar surface area (TPSA) is 76.4 Å². The van der Waals surface area contributed by atoms with Gasteiger partial charge in [0.15, 0.2) is 9.84 Å². The van der Waals surface area contributed by atoms with Gasteiger partial charge in [0, 0.05) is 11.8 Å². The Morgan fingerprint density at radius 2 is 1.96 bits per heavy atom. The first-order valence-electron chi connectivity index (χ1n) is 7.51. The minimum absolute atomic E-state index is 0.0670. The van der Waals surface area contributed by atoms with Crippen LogP contribution in [0.1, 0.15) is 32.1 Å². The molecule has 1 aromatic heterocycles. The van der Waals surface area contributed by atoms with Crippen LogP contribution in [0.3, 0.4) is 0 Å². The highest BCUT2D eigenvalue weighted by atomic mass is 32.2. The molecule has 0 fully saturated rings. The van der Waals surface area contributed by atoms with Crippen molar-refractivity contribution in [2.45, 2.75) is 31.3 Å². The summed E-state index contributed by atoms with van der Waals surface area (Å²) in [6.45, 7) is 5.02. The fourth-order valence-electron chi connectivity index (χ4n) is 1.90. The van der Waals surface area contributed by atoms with E-state index in [0.717, 1.165) is 0 Å². The Kier molecular flexibility index (Phi) is 5.29. The van der Waals surface area contributed by atoms with Gasteiger partial charge >= 0.3 is 0 Å². The van der Waals surface area contributed by atoms with E-state index in [1.165, 1.54) is 12.3 Å². The van der Waals surface area contributed by atoms with Gasteiger partial charge in [0.1, 0.15) is 5.76 Å². The number of nitrogens with one attached hydrogen (secondary N) is 1. The maximum atomic E-state index is 12.3. The molecular formula is C18H21NO4S. The van der Waals surface area contributed by atoms with Crippen molar-refractivity contribution in [2.75, 3.05) is 5.32 Å². The van der Waals surface area contributed by atoms with E-state index in [4.69, 9.17) is 4.42 Å². The van der Waals surface area contributed by atoms with E-state index in [1.54, 1.807) is 63.2 Å². The normalized spacial score (nSPS) is 12.5. The third-order valence-electron chi connectivity index (χ3n) is 3.43. The lowest BCUT2D eigenvalue weighted by atomic mass is 10.2. The zero-order valence-electron chi connectivity index (χ0n) is 13.9. The molecular weight excluding hydrogens is 326 g/mol. The third-order valence-corrected chi connectivity index (χ3v) is 6.01. The highest BCUT2D eigenvalue weighted by Crippen LogP contribution is 2.22. The molecule has 0 atom stereocenters. The molecule has 1 aromatic carbocycles. The second-order valence-corrected chi connectivity index (χ2v) is 9.15. The van der Waals surface area contributed by atoms with Crippen molar-refractivity contribution in [3.8, 4) is 0 Å². The number of anilines is 1. The Hall–Kier alpha value is -2.34. The molecule has 0 aliphatic rings. The van der Waals surface area contributed by atoms with Crippen molar-refractivity contribution in [1.29, 1.82) is 0 Å². The van der Waals surface area contributed by atoms with E-state index in [1.807, 2.05) is 0 Å². The van der Waals surface area contributed by atoms with Gasteiger partial charge in [0.2, 0.25) is 5.91 Å². The number of sulfone groups is 1. The van der Waals surface area contributed by atoms with Crippen LogP contribution < -0.4 is 5.32 Å². The Morgan fingerprint density at radius 3 is 2.58 bits per heavy atom. The number of carbonyl (C=O) groups excluding carboxylic acids is 1. The summed E-state index contributed by atoms with van der Waals surface area (Å²) in [6.07, 6.45) is 4.44. The summed E-state index contributed by atoms with van der Waals surface area (Å²) in [6, 6.07) is 10.3. The molecule has 2 rings (SSSR count). The van der Waals surface area contributed by atoms with Crippen molar-refractivity contribution in [3.05, 3.63) is 60.1 Å². The molecule has 1 amide bonds. The van der Waals surface area contributed by atoms with E-state index >= 15 is 0 Å². The van der Waals surface area contributed by atoms with E-state index in [0.29, 0.717) is 17.0 Å². The molecule has 0 unspecified atom stereocenters. The summed E-state index contributed by atoms with van der Waals surface area (Å²) >= 11 is 0. The maximum absolute atomic E-state index is 12.3. The van der Waals surface area contributed by atoms with Crippen LogP contribution in [0.15, 0.2) is 53.2 Å². The highest BCUT2D eigenvalue weighted by Gasteiger charge is 2.28. The van der Waals surface area contributed by atoms with E-state index < -0.39 is 14.6 Å². The average molecular weight is 347 g/mol. The Morgan fingerprint density at radius 1 is 1.21 bits per heavy atom. The standard InChI is InChI=1S/C18H21NO4S/c1-18(2,3)24(21,22)13-14-6-4-7-15(12-14)19-17(20)10-9-16-8-5-11-23-16/h4-12H,13H2,1-3H3,(H,19,20)/b10-9+. The van der Waals surface area contributed by atoms with E-state index in [2.05, 4.69) is 5.32 Å². The molecule has 6 heteroatoms. The predicted octanol–water partition coefficient (Wildman–Crippen LogP) is 3.64. The minimum atomic E-state index is -3.27. The zero-order valence-corrected chi connectivity index (χ0v) is 14.8. The smallest absolute Gasteiger partial charge is 0.248 e. The molecule has 5 nitrogen and oxygen atoms in total. The zero-order chi connectivity index (χ0) is 17.8. The van der Waals surface area contributed by atoms with Gasteiger partial charge in [-0.3, -0.25) is 4.79 Å².